The molecule has 1 aromatic carbocycles. The topological polar surface area (TPSA) is 38.3 Å². The van der Waals surface area contributed by atoms with Gasteiger partial charge in [0.05, 0.1) is 5.60 Å². The number of nitrogens with one attached hydrogen (secondary N) is 1. The third kappa shape index (κ3) is 2.93. The molecule has 1 N–H and O–H groups in total. The summed E-state index contributed by atoms with van der Waals surface area (Å²) in [4.78, 5) is 12.0. The molecule has 1 aliphatic rings. The van der Waals surface area contributed by atoms with E-state index in [-0.39, 0.29) is 11.5 Å². The summed E-state index contributed by atoms with van der Waals surface area (Å²) in [5.41, 5.74) is 1.75. The molecule has 3 nitrogen and oxygen atoms in total. The van der Waals surface area contributed by atoms with Crippen LogP contribution in [0.4, 0.5) is 0 Å². The fourth-order valence-corrected chi connectivity index (χ4v) is 2.49. The summed E-state index contributed by atoms with van der Waals surface area (Å²) in [5.74, 6) is -0.0283. The van der Waals surface area contributed by atoms with E-state index in [9.17, 15) is 4.79 Å². The molecule has 4 heteroatoms. The van der Waals surface area contributed by atoms with E-state index < -0.39 is 0 Å². The number of ether oxygens (including phenoxy) is 1. The van der Waals surface area contributed by atoms with E-state index in [0.29, 0.717) is 12.1 Å². The highest BCUT2D eigenvalue weighted by Gasteiger charge is 2.37. The lowest BCUT2D eigenvalue weighted by Crippen LogP contribution is -2.49. The Morgan fingerprint density at radius 3 is 2.50 bits per heavy atom. The zero-order valence-corrected chi connectivity index (χ0v) is 12.1. The lowest BCUT2D eigenvalue weighted by Gasteiger charge is -2.40. The van der Waals surface area contributed by atoms with Gasteiger partial charge in [0.15, 0.2) is 0 Å². The van der Waals surface area contributed by atoms with Crippen LogP contribution in [0.15, 0.2) is 24.3 Å². The number of carbonyl (C=O) groups excluding carboxylic acids is 1. The predicted molar refractivity (Wildman–Crippen MR) is 75.0 cm³/mol. The first-order chi connectivity index (χ1) is 8.69. The van der Waals surface area contributed by atoms with Gasteiger partial charge in [-0.05, 0) is 37.0 Å². The van der Waals surface area contributed by atoms with Crippen LogP contribution < -0.4 is 5.32 Å². The summed E-state index contributed by atoms with van der Waals surface area (Å²) in [6.07, 6.45) is 3.25. The van der Waals surface area contributed by atoms with Crippen molar-refractivity contribution in [1.29, 1.82) is 0 Å². The number of halogens is 1. The minimum atomic E-state index is -0.120. The van der Waals surface area contributed by atoms with Crippen molar-refractivity contribution in [3.05, 3.63) is 35.4 Å². The van der Waals surface area contributed by atoms with E-state index in [1.54, 1.807) is 7.11 Å². The van der Waals surface area contributed by atoms with E-state index in [0.717, 1.165) is 18.2 Å². The Morgan fingerprint density at radius 2 is 2.06 bits per heavy atom. The molecule has 0 aliphatic heterocycles. The molecule has 2 rings (SSSR count). The minimum absolute atomic E-state index is 0.0283. The van der Waals surface area contributed by atoms with E-state index in [4.69, 9.17) is 4.74 Å². The number of amides is 1. The molecule has 1 aliphatic carbocycles. The number of alkyl halides is 1. The molecule has 0 saturated heterocycles. The Morgan fingerprint density at radius 1 is 1.39 bits per heavy atom. The molecular formula is C14H18BrNO2. The molecule has 1 saturated carbocycles. The van der Waals surface area contributed by atoms with Gasteiger partial charge in [-0.25, -0.2) is 0 Å². The maximum atomic E-state index is 12.0. The average Bonchev–Trinajstić information content (AvgIpc) is 2.38. The number of carbonyl (C=O) groups is 1. The zero-order chi connectivity index (χ0) is 13.0. The zero-order valence-electron chi connectivity index (χ0n) is 10.5. The number of rotatable bonds is 5. The summed E-state index contributed by atoms with van der Waals surface area (Å²) in [6, 6.07) is 7.62. The molecule has 0 aromatic heterocycles. The van der Waals surface area contributed by atoms with Crippen molar-refractivity contribution in [1.82, 2.24) is 5.32 Å². The second-order valence-electron chi connectivity index (χ2n) is 4.75. The highest BCUT2D eigenvalue weighted by atomic mass is 79.9. The highest BCUT2D eigenvalue weighted by Crippen LogP contribution is 2.34. The first-order valence-corrected chi connectivity index (χ1v) is 7.29. The summed E-state index contributed by atoms with van der Waals surface area (Å²) in [7, 11) is 1.72. The maximum absolute atomic E-state index is 12.0. The van der Waals surface area contributed by atoms with Gasteiger partial charge in [0.25, 0.3) is 5.91 Å². The van der Waals surface area contributed by atoms with E-state index in [1.807, 2.05) is 24.3 Å². The van der Waals surface area contributed by atoms with Gasteiger partial charge in [0.1, 0.15) is 0 Å². The van der Waals surface area contributed by atoms with Gasteiger partial charge in [-0.15, -0.1) is 0 Å². The SMILES string of the molecule is COC1(CNC(=O)c2ccc(CBr)cc2)CCC1. The summed E-state index contributed by atoms with van der Waals surface area (Å²) in [5, 5.41) is 3.76. The molecule has 0 heterocycles. The van der Waals surface area contributed by atoms with Crippen LogP contribution in [0.5, 0.6) is 0 Å². The number of hydrogen-bond donors (Lipinski definition) is 1. The minimum Gasteiger partial charge on any atom is -0.376 e. The maximum Gasteiger partial charge on any atom is 0.251 e. The van der Waals surface area contributed by atoms with Crippen LogP contribution in [0.3, 0.4) is 0 Å². The van der Waals surface area contributed by atoms with Crippen molar-refractivity contribution in [2.75, 3.05) is 13.7 Å². The lowest BCUT2D eigenvalue weighted by atomic mass is 9.80. The Kier molecular flexibility index (Phi) is 4.40. The largest absolute Gasteiger partial charge is 0.376 e. The van der Waals surface area contributed by atoms with Crippen molar-refractivity contribution >= 4 is 21.8 Å². The molecule has 0 bridgehead atoms. The molecule has 0 atom stereocenters. The lowest BCUT2D eigenvalue weighted by molar-refractivity contribution is -0.0679. The molecule has 1 aromatic rings. The summed E-state index contributed by atoms with van der Waals surface area (Å²) >= 11 is 3.39. The molecule has 18 heavy (non-hydrogen) atoms. The van der Waals surface area contributed by atoms with Crippen LogP contribution in [0.2, 0.25) is 0 Å². The fourth-order valence-electron chi connectivity index (χ4n) is 2.11. The van der Waals surface area contributed by atoms with Gasteiger partial charge in [-0.2, -0.15) is 0 Å². The van der Waals surface area contributed by atoms with E-state index in [2.05, 4.69) is 21.2 Å². The van der Waals surface area contributed by atoms with Crippen molar-refractivity contribution in [3.8, 4) is 0 Å². The first kappa shape index (κ1) is 13.6. The van der Waals surface area contributed by atoms with Crippen LogP contribution in [0.1, 0.15) is 35.2 Å². The number of hydrogen-bond acceptors (Lipinski definition) is 2. The Bertz CT molecular complexity index is 407. The summed E-state index contributed by atoms with van der Waals surface area (Å²) < 4.78 is 5.48. The van der Waals surface area contributed by atoms with Crippen molar-refractivity contribution in [2.45, 2.75) is 30.2 Å². The second-order valence-corrected chi connectivity index (χ2v) is 5.31. The van der Waals surface area contributed by atoms with Gasteiger partial charge in [-0.3, -0.25) is 4.79 Å². The normalized spacial score (nSPS) is 17.0. The average molecular weight is 312 g/mol. The Hall–Kier alpha value is -0.870. The van der Waals surface area contributed by atoms with Crippen molar-refractivity contribution in [2.24, 2.45) is 0 Å². The first-order valence-electron chi connectivity index (χ1n) is 6.17. The molecule has 0 spiro atoms. The molecule has 0 unspecified atom stereocenters. The molecule has 98 valence electrons. The third-order valence-corrected chi connectivity index (χ3v) is 4.29. The molecule has 1 fully saturated rings. The van der Waals surface area contributed by atoms with Crippen LogP contribution in [-0.4, -0.2) is 25.2 Å². The van der Waals surface area contributed by atoms with Gasteiger partial charge < -0.3 is 10.1 Å². The predicted octanol–water partition coefficient (Wildman–Crippen LogP) is 2.88. The second kappa shape index (κ2) is 5.85. The third-order valence-electron chi connectivity index (χ3n) is 3.64. The van der Waals surface area contributed by atoms with Crippen LogP contribution >= 0.6 is 15.9 Å². The van der Waals surface area contributed by atoms with Gasteiger partial charge in [-0.1, -0.05) is 28.1 Å². The van der Waals surface area contributed by atoms with Crippen LogP contribution in [0.25, 0.3) is 0 Å². The van der Waals surface area contributed by atoms with Gasteiger partial charge in [0, 0.05) is 24.5 Å². The van der Waals surface area contributed by atoms with E-state index >= 15 is 0 Å². The fraction of sp³-hybridized carbons (Fsp3) is 0.500. The standard InChI is InChI=1S/C14H18BrNO2/c1-18-14(7-2-8-14)10-16-13(17)12-5-3-11(9-15)4-6-12/h3-6H,2,7-10H2,1H3,(H,16,17). The quantitative estimate of drug-likeness (QED) is 0.849. The molecular weight excluding hydrogens is 294 g/mol. The van der Waals surface area contributed by atoms with Crippen LogP contribution in [0, 0.1) is 0 Å². The Balaban J connectivity index is 1.90. The number of benzene rings is 1. The Labute approximate surface area is 116 Å². The molecule has 1 amide bonds. The smallest absolute Gasteiger partial charge is 0.251 e. The molecule has 0 radical (unpaired) electrons. The van der Waals surface area contributed by atoms with Gasteiger partial charge >= 0.3 is 0 Å². The van der Waals surface area contributed by atoms with E-state index in [1.165, 1.54) is 12.0 Å². The summed E-state index contributed by atoms with van der Waals surface area (Å²) in [6.45, 7) is 0.600. The van der Waals surface area contributed by atoms with Crippen molar-refractivity contribution in [3.63, 3.8) is 0 Å². The van der Waals surface area contributed by atoms with Crippen molar-refractivity contribution < 1.29 is 9.53 Å². The van der Waals surface area contributed by atoms with Crippen LogP contribution in [-0.2, 0) is 10.1 Å². The monoisotopic (exact) mass is 311 g/mol. The number of methoxy groups -OCH3 is 1. The van der Waals surface area contributed by atoms with Gasteiger partial charge in [0.2, 0.25) is 0 Å². The highest BCUT2D eigenvalue weighted by molar-refractivity contribution is 9.08.